The largest absolute Gasteiger partial charge is 0.481 e. The third-order valence-corrected chi connectivity index (χ3v) is 4.13. The third kappa shape index (κ3) is 4.95. The number of anilines is 1. The van der Waals surface area contributed by atoms with Gasteiger partial charge in [0.2, 0.25) is 0 Å². The third-order valence-electron chi connectivity index (χ3n) is 3.81. The van der Waals surface area contributed by atoms with Crippen molar-refractivity contribution in [3.8, 4) is 5.75 Å². The smallest absolute Gasteiger partial charge is 0.289 e. The van der Waals surface area contributed by atoms with Crippen molar-refractivity contribution in [2.45, 2.75) is 39.2 Å². The first-order valence-electron chi connectivity index (χ1n) is 8.10. The summed E-state index contributed by atoms with van der Waals surface area (Å²) in [5, 5.41) is 13.5. The van der Waals surface area contributed by atoms with Gasteiger partial charge in [0.15, 0.2) is 6.10 Å². The number of hydrogen-bond acceptors (Lipinski definition) is 4. The molecule has 1 amide bonds. The molecule has 0 fully saturated rings. The minimum absolute atomic E-state index is 0.0104. The van der Waals surface area contributed by atoms with Gasteiger partial charge in [-0.3, -0.25) is 14.9 Å². The molecule has 0 aromatic heterocycles. The molecular formula is C19H21ClN2O4. The summed E-state index contributed by atoms with van der Waals surface area (Å²) >= 11 is 5.76. The normalized spacial score (nSPS) is 12.3. The first-order valence-corrected chi connectivity index (χ1v) is 8.48. The quantitative estimate of drug-likeness (QED) is 0.591. The number of ether oxygens (including phenoxy) is 1. The zero-order valence-electron chi connectivity index (χ0n) is 15.1. The number of carbonyl (C=O) groups excluding carboxylic acids is 1. The summed E-state index contributed by atoms with van der Waals surface area (Å²) < 4.78 is 5.65. The van der Waals surface area contributed by atoms with Crippen molar-refractivity contribution in [2.75, 3.05) is 5.32 Å². The maximum atomic E-state index is 12.3. The van der Waals surface area contributed by atoms with Crippen LogP contribution in [0.5, 0.6) is 5.75 Å². The fourth-order valence-electron chi connectivity index (χ4n) is 2.27. The van der Waals surface area contributed by atoms with Crippen LogP contribution < -0.4 is 10.1 Å². The summed E-state index contributed by atoms with van der Waals surface area (Å²) in [5.74, 6) is 0.157. The van der Waals surface area contributed by atoms with Crippen molar-refractivity contribution in [3.63, 3.8) is 0 Å². The molecule has 26 heavy (non-hydrogen) atoms. The lowest BCUT2D eigenvalue weighted by molar-refractivity contribution is -0.384. The molecule has 0 saturated carbocycles. The highest BCUT2D eigenvalue weighted by molar-refractivity contribution is 6.32. The number of nitro benzene ring substituents is 1. The predicted octanol–water partition coefficient (Wildman–Crippen LogP) is 4.95. The van der Waals surface area contributed by atoms with Crippen molar-refractivity contribution in [3.05, 3.63) is 63.2 Å². The lowest BCUT2D eigenvalue weighted by atomic mass is 9.87. The predicted molar refractivity (Wildman–Crippen MR) is 102 cm³/mol. The van der Waals surface area contributed by atoms with Crippen LogP contribution in [0.1, 0.15) is 33.3 Å². The highest BCUT2D eigenvalue weighted by Gasteiger charge is 2.19. The molecule has 0 radical (unpaired) electrons. The van der Waals surface area contributed by atoms with E-state index in [2.05, 4.69) is 26.1 Å². The number of carbonyl (C=O) groups is 1. The number of rotatable bonds is 5. The molecule has 0 spiro atoms. The zero-order chi connectivity index (χ0) is 19.5. The molecular weight excluding hydrogens is 356 g/mol. The first-order chi connectivity index (χ1) is 12.1. The Labute approximate surface area is 157 Å². The van der Waals surface area contributed by atoms with Crippen molar-refractivity contribution in [1.29, 1.82) is 0 Å². The molecule has 1 unspecified atom stereocenters. The molecule has 2 aromatic rings. The van der Waals surface area contributed by atoms with E-state index < -0.39 is 16.9 Å². The van der Waals surface area contributed by atoms with Gasteiger partial charge in [0.05, 0.1) is 4.92 Å². The molecule has 1 atom stereocenters. The number of nitrogens with one attached hydrogen (secondary N) is 1. The van der Waals surface area contributed by atoms with E-state index in [0.29, 0.717) is 5.75 Å². The second kappa shape index (κ2) is 7.74. The maximum Gasteiger partial charge on any atom is 0.289 e. The van der Waals surface area contributed by atoms with Crippen molar-refractivity contribution >= 4 is 28.9 Å². The van der Waals surface area contributed by atoms with E-state index in [-0.39, 0.29) is 21.8 Å². The van der Waals surface area contributed by atoms with Gasteiger partial charge in [0.1, 0.15) is 10.8 Å². The standard InChI is InChI=1S/C19H21ClN2O4/c1-12(26-15-8-5-13(6-9-15)19(2,3)4)18(23)21-14-7-10-16(20)17(11-14)22(24)25/h5-12H,1-4H3,(H,21,23). The Balaban J connectivity index is 2.04. The van der Waals surface area contributed by atoms with Gasteiger partial charge in [-0.25, -0.2) is 0 Å². The van der Waals surface area contributed by atoms with E-state index in [1.807, 2.05) is 24.3 Å². The number of hydrogen-bond donors (Lipinski definition) is 1. The van der Waals surface area contributed by atoms with E-state index in [1.165, 1.54) is 18.2 Å². The molecule has 1 N–H and O–H groups in total. The molecule has 2 rings (SSSR count). The van der Waals surface area contributed by atoms with Crippen LogP contribution in [0.3, 0.4) is 0 Å². The number of amides is 1. The molecule has 138 valence electrons. The van der Waals surface area contributed by atoms with Crippen LogP contribution >= 0.6 is 11.6 Å². The summed E-state index contributed by atoms with van der Waals surface area (Å²) in [7, 11) is 0. The molecule has 6 nitrogen and oxygen atoms in total. The van der Waals surface area contributed by atoms with Gasteiger partial charge >= 0.3 is 0 Å². The molecule has 0 heterocycles. The van der Waals surface area contributed by atoms with E-state index in [0.717, 1.165) is 5.56 Å². The van der Waals surface area contributed by atoms with Crippen molar-refractivity contribution in [2.24, 2.45) is 0 Å². The van der Waals surface area contributed by atoms with Crippen LogP contribution in [0.4, 0.5) is 11.4 Å². The number of nitro groups is 1. The van der Waals surface area contributed by atoms with Gasteiger partial charge in [0.25, 0.3) is 11.6 Å². The summed E-state index contributed by atoms with van der Waals surface area (Å²) in [6.07, 6.45) is -0.773. The van der Waals surface area contributed by atoms with Gasteiger partial charge in [-0.2, -0.15) is 0 Å². The molecule has 0 aliphatic rings. The fourth-order valence-corrected chi connectivity index (χ4v) is 2.45. The number of nitrogens with zero attached hydrogens (tertiary/aromatic N) is 1. The first kappa shape index (κ1) is 19.7. The van der Waals surface area contributed by atoms with Crippen LogP contribution in [0.25, 0.3) is 0 Å². The summed E-state index contributed by atoms with van der Waals surface area (Å²) in [6.45, 7) is 7.95. The second-order valence-electron chi connectivity index (χ2n) is 6.95. The van der Waals surface area contributed by atoms with Gasteiger partial charge in [-0.1, -0.05) is 44.5 Å². The second-order valence-corrected chi connectivity index (χ2v) is 7.35. The highest BCUT2D eigenvalue weighted by Crippen LogP contribution is 2.28. The number of halogens is 1. The fraction of sp³-hybridized carbons (Fsp3) is 0.316. The molecule has 7 heteroatoms. The average Bonchev–Trinajstić information content (AvgIpc) is 2.56. The molecule has 2 aromatic carbocycles. The zero-order valence-corrected chi connectivity index (χ0v) is 15.8. The molecule has 0 bridgehead atoms. The van der Waals surface area contributed by atoms with Crippen molar-refractivity contribution < 1.29 is 14.5 Å². The van der Waals surface area contributed by atoms with Crippen LogP contribution in [0.15, 0.2) is 42.5 Å². The minimum Gasteiger partial charge on any atom is -0.481 e. The van der Waals surface area contributed by atoms with Gasteiger partial charge < -0.3 is 10.1 Å². The number of benzene rings is 2. The molecule has 0 saturated heterocycles. The Morgan fingerprint density at radius 1 is 1.19 bits per heavy atom. The Kier molecular flexibility index (Phi) is 5.87. The van der Waals surface area contributed by atoms with Gasteiger partial charge in [-0.15, -0.1) is 0 Å². The average molecular weight is 377 g/mol. The Hall–Kier alpha value is -2.60. The Bertz CT molecular complexity index is 813. The van der Waals surface area contributed by atoms with Crippen molar-refractivity contribution in [1.82, 2.24) is 0 Å². The SMILES string of the molecule is CC(Oc1ccc(C(C)(C)C)cc1)C(=O)Nc1ccc(Cl)c([N+](=O)[O-])c1. The van der Waals surface area contributed by atoms with Crippen LogP contribution in [0.2, 0.25) is 5.02 Å². The van der Waals surface area contributed by atoms with E-state index in [1.54, 1.807) is 6.92 Å². The van der Waals surface area contributed by atoms with Gasteiger partial charge in [-0.05, 0) is 42.2 Å². The Morgan fingerprint density at radius 2 is 1.81 bits per heavy atom. The summed E-state index contributed by atoms with van der Waals surface area (Å²) in [6, 6.07) is 11.6. The molecule has 0 aliphatic heterocycles. The summed E-state index contributed by atoms with van der Waals surface area (Å²) in [4.78, 5) is 22.6. The minimum atomic E-state index is -0.773. The topological polar surface area (TPSA) is 81.5 Å². The van der Waals surface area contributed by atoms with Crippen LogP contribution in [-0.2, 0) is 10.2 Å². The monoisotopic (exact) mass is 376 g/mol. The lowest BCUT2D eigenvalue weighted by Gasteiger charge is -2.20. The lowest BCUT2D eigenvalue weighted by Crippen LogP contribution is -2.30. The van der Waals surface area contributed by atoms with E-state index in [9.17, 15) is 14.9 Å². The van der Waals surface area contributed by atoms with Gasteiger partial charge in [0, 0.05) is 11.8 Å². The summed E-state index contributed by atoms with van der Waals surface area (Å²) in [5.41, 5.74) is 1.21. The van der Waals surface area contributed by atoms with Crippen LogP contribution in [0, 0.1) is 10.1 Å². The maximum absolute atomic E-state index is 12.3. The van der Waals surface area contributed by atoms with E-state index >= 15 is 0 Å². The molecule has 0 aliphatic carbocycles. The van der Waals surface area contributed by atoms with E-state index in [4.69, 9.17) is 16.3 Å². The Morgan fingerprint density at radius 3 is 2.35 bits per heavy atom. The van der Waals surface area contributed by atoms with Crippen LogP contribution in [-0.4, -0.2) is 16.9 Å². The highest BCUT2D eigenvalue weighted by atomic mass is 35.5.